The number of anilines is 1. The number of likely N-dealkylation sites (N-methyl/N-ethyl adjacent to an activating group) is 1. The quantitative estimate of drug-likeness (QED) is 0.933. The van der Waals surface area contributed by atoms with E-state index in [4.69, 9.17) is 0 Å². The van der Waals surface area contributed by atoms with Crippen LogP contribution < -0.4 is 10.2 Å². The average molecular weight is 308 g/mol. The first-order valence-electron chi connectivity index (χ1n) is 6.43. The molecule has 1 heterocycles. The SMILES string of the molecule is CCN(c1cc(Br)ccc1C#N)C1CCCNC1. The van der Waals surface area contributed by atoms with E-state index in [2.05, 4.69) is 45.2 Å². The van der Waals surface area contributed by atoms with E-state index in [0.29, 0.717) is 6.04 Å². The van der Waals surface area contributed by atoms with Gasteiger partial charge in [0, 0.05) is 23.6 Å². The minimum absolute atomic E-state index is 0.491. The molecule has 1 aliphatic heterocycles. The maximum atomic E-state index is 9.24. The van der Waals surface area contributed by atoms with Gasteiger partial charge in [-0.05, 0) is 44.5 Å². The molecular weight excluding hydrogens is 290 g/mol. The highest BCUT2D eigenvalue weighted by atomic mass is 79.9. The van der Waals surface area contributed by atoms with Gasteiger partial charge < -0.3 is 10.2 Å². The van der Waals surface area contributed by atoms with Crippen molar-refractivity contribution < 1.29 is 0 Å². The van der Waals surface area contributed by atoms with Gasteiger partial charge in [0.25, 0.3) is 0 Å². The third-order valence-electron chi connectivity index (χ3n) is 3.44. The maximum Gasteiger partial charge on any atom is 0.101 e. The normalized spacial score (nSPS) is 19.3. The van der Waals surface area contributed by atoms with Crippen molar-refractivity contribution >= 4 is 21.6 Å². The third-order valence-corrected chi connectivity index (χ3v) is 3.94. The van der Waals surface area contributed by atoms with Crippen molar-refractivity contribution in [2.75, 3.05) is 24.5 Å². The molecule has 1 aromatic rings. The molecule has 0 aliphatic carbocycles. The summed E-state index contributed by atoms with van der Waals surface area (Å²) in [6.07, 6.45) is 2.40. The number of rotatable bonds is 3. The fourth-order valence-electron chi connectivity index (χ4n) is 2.56. The van der Waals surface area contributed by atoms with Crippen LogP contribution in [0.4, 0.5) is 5.69 Å². The average Bonchev–Trinajstić information content (AvgIpc) is 2.41. The molecule has 18 heavy (non-hydrogen) atoms. The Kier molecular flexibility index (Phi) is 4.62. The Morgan fingerprint density at radius 2 is 2.39 bits per heavy atom. The van der Waals surface area contributed by atoms with Gasteiger partial charge in [0.2, 0.25) is 0 Å². The monoisotopic (exact) mass is 307 g/mol. The Balaban J connectivity index is 2.31. The Morgan fingerprint density at radius 1 is 1.56 bits per heavy atom. The Hall–Kier alpha value is -1.05. The van der Waals surface area contributed by atoms with Gasteiger partial charge in [-0.15, -0.1) is 0 Å². The summed E-state index contributed by atoms with van der Waals surface area (Å²) in [6, 6.07) is 8.65. The summed E-state index contributed by atoms with van der Waals surface area (Å²) in [5.41, 5.74) is 1.80. The number of piperidine rings is 1. The lowest BCUT2D eigenvalue weighted by Gasteiger charge is -2.36. The summed E-state index contributed by atoms with van der Waals surface area (Å²) in [7, 11) is 0. The molecule has 1 fully saturated rings. The van der Waals surface area contributed by atoms with Crippen LogP contribution in [-0.2, 0) is 0 Å². The fourth-order valence-corrected chi connectivity index (χ4v) is 2.91. The second kappa shape index (κ2) is 6.21. The Labute approximate surface area is 117 Å². The second-order valence-corrected chi connectivity index (χ2v) is 5.48. The topological polar surface area (TPSA) is 39.1 Å². The van der Waals surface area contributed by atoms with Gasteiger partial charge in [0.1, 0.15) is 6.07 Å². The van der Waals surface area contributed by atoms with E-state index in [1.54, 1.807) is 0 Å². The molecule has 1 unspecified atom stereocenters. The van der Waals surface area contributed by atoms with Crippen molar-refractivity contribution in [2.24, 2.45) is 0 Å². The van der Waals surface area contributed by atoms with E-state index in [1.807, 2.05) is 12.1 Å². The molecule has 1 aromatic carbocycles. The number of benzene rings is 1. The third kappa shape index (κ3) is 2.85. The van der Waals surface area contributed by atoms with Crippen molar-refractivity contribution in [1.82, 2.24) is 5.32 Å². The van der Waals surface area contributed by atoms with Crippen LogP contribution in [0.1, 0.15) is 25.3 Å². The Bertz CT molecular complexity index is 447. The number of nitriles is 1. The van der Waals surface area contributed by atoms with Crippen LogP contribution in [0.2, 0.25) is 0 Å². The molecule has 1 N–H and O–H groups in total. The number of hydrogen-bond acceptors (Lipinski definition) is 3. The highest BCUT2D eigenvalue weighted by molar-refractivity contribution is 9.10. The lowest BCUT2D eigenvalue weighted by molar-refractivity contribution is 0.435. The number of nitrogens with zero attached hydrogens (tertiary/aromatic N) is 2. The zero-order valence-electron chi connectivity index (χ0n) is 10.6. The van der Waals surface area contributed by atoms with Gasteiger partial charge in [0.15, 0.2) is 0 Å². The van der Waals surface area contributed by atoms with Gasteiger partial charge in [-0.2, -0.15) is 5.26 Å². The van der Waals surface area contributed by atoms with E-state index in [1.165, 1.54) is 12.8 Å². The molecule has 96 valence electrons. The molecule has 0 bridgehead atoms. The first-order chi connectivity index (χ1) is 8.76. The number of nitrogens with one attached hydrogen (secondary N) is 1. The highest BCUT2D eigenvalue weighted by Crippen LogP contribution is 2.27. The van der Waals surface area contributed by atoms with Crippen LogP contribution >= 0.6 is 15.9 Å². The number of halogens is 1. The standard InChI is InChI=1S/C14H18BrN3/c1-2-18(13-4-3-7-17-10-13)14-8-12(15)6-5-11(14)9-16/h5-6,8,13,17H,2-4,7,10H2,1H3. The van der Waals surface area contributed by atoms with Gasteiger partial charge >= 0.3 is 0 Å². The van der Waals surface area contributed by atoms with Gasteiger partial charge in [-0.1, -0.05) is 15.9 Å². The predicted octanol–water partition coefficient (Wildman–Crippen LogP) is 2.90. The smallest absolute Gasteiger partial charge is 0.101 e. The zero-order chi connectivity index (χ0) is 13.0. The molecule has 0 radical (unpaired) electrons. The maximum absolute atomic E-state index is 9.24. The van der Waals surface area contributed by atoms with Gasteiger partial charge in [-0.25, -0.2) is 0 Å². The van der Waals surface area contributed by atoms with Crippen LogP contribution in [0.15, 0.2) is 22.7 Å². The molecule has 2 rings (SSSR count). The highest BCUT2D eigenvalue weighted by Gasteiger charge is 2.22. The van der Waals surface area contributed by atoms with E-state index < -0.39 is 0 Å². The van der Waals surface area contributed by atoms with Gasteiger partial charge in [0.05, 0.1) is 11.3 Å². The lowest BCUT2D eigenvalue weighted by Crippen LogP contribution is -2.46. The summed E-state index contributed by atoms with van der Waals surface area (Å²) in [5, 5.41) is 12.7. The molecule has 1 saturated heterocycles. The summed E-state index contributed by atoms with van der Waals surface area (Å²) in [4.78, 5) is 2.34. The summed E-state index contributed by atoms with van der Waals surface area (Å²) in [5.74, 6) is 0. The predicted molar refractivity (Wildman–Crippen MR) is 77.8 cm³/mol. The van der Waals surface area contributed by atoms with E-state index in [-0.39, 0.29) is 0 Å². The van der Waals surface area contributed by atoms with Crippen LogP contribution in [-0.4, -0.2) is 25.7 Å². The largest absolute Gasteiger partial charge is 0.366 e. The van der Waals surface area contributed by atoms with Gasteiger partial charge in [-0.3, -0.25) is 0 Å². The van der Waals surface area contributed by atoms with Crippen LogP contribution in [0.3, 0.4) is 0 Å². The molecule has 1 aliphatic rings. The molecule has 0 saturated carbocycles. The molecule has 1 atom stereocenters. The Morgan fingerprint density at radius 3 is 3.00 bits per heavy atom. The van der Waals surface area contributed by atoms with Crippen molar-refractivity contribution in [2.45, 2.75) is 25.8 Å². The summed E-state index contributed by atoms with van der Waals surface area (Å²) >= 11 is 3.50. The fraction of sp³-hybridized carbons (Fsp3) is 0.500. The minimum Gasteiger partial charge on any atom is -0.366 e. The van der Waals surface area contributed by atoms with Crippen molar-refractivity contribution in [3.05, 3.63) is 28.2 Å². The van der Waals surface area contributed by atoms with Crippen molar-refractivity contribution in [3.63, 3.8) is 0 Å². The summed E-state index contributed by atoms with van der Waals surface area (Å²) in [6.45, 7) is 5.19. The molecule has 0 amide bonds. The molecule has 4 heteroatoms. The van der Waals surface area contributed by atoms with E-state index in [0.717, 1.165) is 35.4 Å². The molecule has 0 aromatic heterocycles. The van der Waals surface area contributed by atoms with E-state index >= 15 is 0 Å². The molecular formula is C14H18BrN3. The van der Waals surface area contributed by atoms with E-state index in [9.17, 15) is 5.26 Å². The molecule has 0 spiro atoms. The molecule has 3 nitrogen and oxygen atoms in total. The first-order valence-corrected chi connectivity index (χ1v) is 7.22. The number of hydrogen-bond donors (Lipinski definition) is 1. The van der Waals surface area contributed by atoms with Crippen molar-refractivity contribution in [1.29, 1.82) is 5.26 Å². The van der Waals surface area contributed by atoms with Crippen LogP contribution in [0.25, 0.3) is 0 Å². The summed E-state index contributed by atoms with van der Waals surface area (Å²) < 4.78 is 1.03. The zero-order valence-corrected chi connectivity index (χ0v) is 12.2. The van der Waals surface area contributed by atoms with Crippen LogP contribution in [0.5, 0.6) is 0 Å². The first kappa shape index (κ1) is 13.4. The lowest BCUT2D eigenvalue weighted by atomic mass is 10.0. The van der Waals surface area contributed by atoms with Crippen molar-refractivity contribution in [3.8, 4) is 6.07 Å². The van der Waals surface area contributed by atoms with Crippen LogP contribution in [0, 0.1) is 11.3 Å². The minimum atomic E-state index is 0.491. The second-order valence-electron chi connectivity index (χ2n) is 4.56.